The van der Waals surface area contributed by atoms with Crippen LogP contribution in [0.1, 0.15) is 44.7 Å². The Morgan fingerprint density at radius 3 is 2.84 bits per heavy atom. The first kappa shape index (κ1) is 13.9. The zero-order valence-corrected chi connectivity index (χ0v) is 12.1. The van der Waals surface area contributed by atoms with Crippen molar-refractivity contribution in [1.29, 1.82) is 5.26 Å². The lowest BCUT2D eigenvalue weighted by Gasteiger charge is -2.25. The molecule has 1 unspecified atom stereocenters. The Morgan fingerprint density at radius 2 is 2.26 bits per heavy atom. The van der Waals surface area contributed by atoms with Crippen LogP contribution < -0.4 is 10.2 Å². The van der Waals surface area contributed by atoms with Crippen LogP contribution in [0, 0.1) is 11.3 Å². The Labute approximate surface area is 116 Å². The van der Waals surface area contributed by atoms with Gasteiger partial charge in [-0.05, 0) is 37.5 Å². The van der Waals surface area contributed by atoms with Crippen molar-refractivity contribution in [3.05, 3.63) is 29.3 Å². The minimum absolute atomic E-state index is 0.462. The van der Waals surface area contributed by atoms with E-state index in [1.165, 1.54) is 18.4 Å². The van der Waals surface area contributed by atoms with Crippen molar-refractivity contribution in [3.8, 4) is 6.07 Å². The molecule has 1 fully saturated rings. The molecule has 0 saturated carbocycles. The van der Waals surface area contributed by atoms with Gasteiger partial charge in [0.25, 0.3) is 0 Å². The minimum atomic E-state index is 0.462. The smallest absolute Gasteiger partial charge is 0.101 e. The average Bonchev–Trinajstić information content (AvgIpc) is 2.82. The number of nitrogens with zero attached hydrogens (tertiary/aromatic N) is 2. The third-order valence-corrected chi connectivity index (χ3v) is 3.76. The second-order valence-electron chi connectivity index (χ2n) is 5.68. The van der Waals surface area contributed by atoms with E-state index in [-0.39, 0.29) is 0 Å². The maximum atomic E-state index is 9.37. The molecular formula is C16H23N3. The molecule has 0 spiro atoms. The molecule has 0 radical (unpaired) electrons. The molecular weight excluding hydrogens is 234 g/mol. The van der Waals surface area contributed by atoms with E-state index in [9.17, 15) is 5.26 Å². The molecule has 0 aromatic heterocycles. The number of rotatable bonds is 4. The van der Waals surface area contributed by atoms with Gasteiger partial charge in [-0.15, -0.1) is 0 Å². The quantitative estimate of drug-likeness (QED) is 0.901. The van der Waals surface area contributed by atoms with Crippen molar-refractivity contribution in [2.75, 3.05) is 11.4 Å². The fourth-order valence-electron chi connectivity index (χ4n) is 2.65. The molecule has 1 saturated heterocycles. The van der Waals surface area contributed by atoms with Gasteiger partial charge in [-0.3, -0.25) is 0 Å². The van der Waals surface area contributed by atoms with E-state index in [0.29, 0.717) is 12.1 Å². The van der Waals surface area contributed by atoms with Gasteiger partial charge >= 0.3 is 0 Å². The number of nitriles is 1. The van der Waals surface area contributed by atoms with Gasteiger partial charge in [0, 0.05) is 25.2 Å². The summed E-state index contributed by atoms with van der Waals surface area (Å²) < 4.78 is 0. The number of anilines is 1. The van der Waals surface area contributed by atoms with Gasteiger partial charge in [-0.25, -0.2) is 0 Å². The highest BCUT2D eigenvalue weighted by atomic mass is 15.2. The van der Waals surface area contributed by atoms with E-state index in [1.54, 1.807) is 0 Å². The first-order valence-corrected chi connectivity index (χ1v) is 7.15. The van der Waals surface area contributed by atoms with Gasteiger partial charge in [0.05, 0.1) is 11.3 Å². The molecule has 1 aromatic rings. The Balaban J connectivity index is 2.19. The summed E-state index contributed by atoms with van der Waals surface area (Å²) in [6.45, 7) is 8.39. The number of nitrogens with one attached hydrogen (secondary N) is 1. The van der Waals surface area contributed by atoms with Crippen molar-refractivity contribution in [1.82, 2.24) is 5.32 Å². The number of benzene rings is 1. The van der Waals surface area contributed by atoms with Crippen LogP contribution in [-0.4, -0.2) is 18.6 Å². The summed E-state index contributed by atoms with van der Waals surface area (Å²) in [5.74, 6) is 0. The maximum Gasteiger partial charge on any atom is 0.101 e. The van der Waals surface area contributed by atoms with Gasteiger partial charge < -0.3 is 10.2 Å². The summed E-state index contributed by atoms with van der Waals surface area (Å²) in [6.07, 6.45) is 2.45. The molecule has 0 amide bonds. The molecule has 1 heterocycles. The van der Waals surface area contributed by atoms with Crippen LogP contribution in [0.15, 0.2) is 18.2 Å². The lowest BCUT2D eigenvalue weighted by atomic mass is 10.1. The fourth-order valence-corrected chi connectivity index (χ4v) is 2.65. The molecule has 102 valence electrons. The van der Waals surface area contributed by atoms with Crippen molar-refractivity contribution in [2.24, 2.45) is 0 Å². The SMILES string of the molecule is CC(C)NCc1ccc(N2CCCC2C)c(C#N)c1. The summed E-state index contributed by atoms with van der Waals surface area (Å²) in [5.41, 5.74) is 3.08. The maximum absolute atomic E-state index is 9.37. The Morgan fingerprint density at radius 1 is 1.47 bits per heavy atom. The van der Waals surface area contributed by atoms with Gasteiger partial charge in [-0.1, -0.05) is 19.9 Å². The van der Waals surface area contributed by atoms with Gasteiger partial charge in [0.1, 0.15) is 6.07 Å². The van der Waals surface area contributed by atoms with Crippen molar-refractivity contribution in [2.45, 2.75) is 52.2 Å². The van der Waals surface area contributed by atoms with Crippen LogP contribution in [0.4, 0.5) is 5.69 Å². The topological polar surface area (TPSA) is 39.1 Å². The van der Waals surface area contributed by atoms with Crippen molar-refractivity contribution < 1.29 is 0 Å². The predicted octanol–water partition coefficient (Wildman–Crippen LogP) is 3.04. The molecule has 1 atom stereocenters. The molecule has 1 aliphatic heterocycles. The highest BCUT2D eigenvalue weighted by Crippen LogP contribution is 2.28. The first-order chi connectivity index (χ1) is 9.11. The third-order valence-electron chi connectivity index (χ3n) is 3.76. The number of hydrogen-bond acceptors (Lipinski definition) is 3. The van der Waals surface area contributed by atoms with Crippen molar-refractivity contribution >= 4 is 5.69 Å². The van der Waals surface area contributed by atoms with E-state index in [0.717, 1.165) is 24.3 Å². The van der Waals surface area contributed by atoms with E-state index in [2.05, 4.69) is 49.2 Å². The summed E-state index contributed by atoms with van der Waals surface area (Å²) in [4.78, 5) is 2.36. The standard InChI is InChI=1S/C16H23N3/c1-12(2)18-11-14-6-7-16(15(9-14)10-17)19-8-4-5-13(19)3/h6-7,9,12-13,18H,4-5,8,11H2,1-3H3. The Bertz CT molecular complexity index is 473. The van der Waals surface area contributed by atoms with Crippen LogP contribution in [-0.2, 0) is 6.54 Å². The van der Waals surface area contributed by atoms with Gasteiger partial charge in [0.15, 0.2) is 0 Å². The van der Waals surface area contributed by atoms with Crippen molar-refractivity contribution in [3.63, 3.8) is 0 Å². The largest absolute Gasteiger partial charge is 0.368 e. The lowest BCUT2D eigenvalue weighted by molar-refractivity contribution is 0.589. The van der Waals surface area contributed by atoms with Crippen LogP contribution >= 0.6 is 0 Å². The number of hydrogen-bond donors (Lipinski definition) is 1. The third kappa shape index (κ3) is 3.27. The monoisotopic (exact) mass is 257 g/mol. The highest BCUT2D eigenvalue weighted by molar-refractivity contribution is 5.61. The van der Waals surface area contributed by atoms with E-state index in [4.69, 9.17) is 0 Å². The molecule has 1 aliphatic rings. The molecule has 2 rings (SSSR count). The molecule has 0 aliphatic carbocycles. The normalized spacial score (nSPS) is 18.9. The average molecular weight is 257 g/mol. The molecule has 3 heteroatoms. The molecule has 1 aromatic carbocycles. The van der Waals surface area contributed by atoms with Crippen LogP contribution in [0.2, 0.25) is 0 Å². The zero-order chi connectivity index (χ0) is 13.8. The summed E-state index contributed by atoms with van der Waals surface area (Å²) >= 11 is 0. The van der Waals surface area contributed by atoms with Crippen LogP contribution in [0.5, 0.6) is 0 Å². The second-order valence-corrected chi connectivity index (χ2v) is 5.68. The molecule has 19 heavy (non-hydrogen) atoms. The summed E-state index contributed by atoms with van der Waals surface area (Å²) in [5, 5.41) is 12.8. The highest BCUT2D eigenvalue weighted by Gasteiger charge is 2.22. The Hall–Kier alpha value is -1.53. The van der Waals surface area contributed by atoms with Gasteiger partial charge in [-0.2, -0.15) is 5.26 Å². The second kappa shape index (κ2) is 6.08. The van der Waals surface area contributed by atoms with E-state index in [1.807, 2.05) is 6.07 Å². The van der Waals surface area contributed by atoms with Crippen LogP contribution in [0.25, 0.3) is 0 Å². The predicted molar refractivity (Wildman–Crippen MR) is 79.2 cm³/mol. The fraction of sp³-hybridized carbons (Fsp3) is 0.562. The minimum Gasteiger partial charge on any atom is -0.368 e. The Kier molecular flexibility index (Phi) is 4.44. The summed E-state index contributed by atoms with van der Waals surface area (Å²) in [6, 6.07) is 9.63. The molecule has 3 nitrogen and oxygen atoms in total. The molecule has 1 N–H and O–H groups in total. The zero-order valence-electron chi connectivity index (χ0n) is 12.1. The van der Waals surface area contributed by atoms with E-state index >= 15 is 0 Å². The first-order valence-electron chi connectivity index (χ1n) is 7.15. The lowest BCUT2D eigenvalue weighted by Crippen LogP contribution is -2.27. The summed E-state index contributed by atoms with van der Waals surface area (Å²) in [7, 11) is 0. The van der Waals surface area contributed by atoms with E-state index < -0.39 is 0 Å². The van der Waals surface area contributed by atoms with Crippen LogP contribution in [0.3, 0.4) is 0 Å². The van der Waals surface area contributed by atoms with Gasteiger partial charge in [0.2, 0.25) is 0 Å². The molecule has 0 bridgehead atoms.